The maximum atomic E-state index is 12.3. The molecule has 1 aromatic carbocycles. The van der Waals surface area contributed by atoms with Crippen molar-refractivity contribution in [2.75, 3.05) is 38.0 Å². The number of methoxy groups -OCH3 is 2. The van der Waals surface area contributed by atoms with Crippen LogP contribution in [0.1, 0.15) is 10.4 Å². The van der Waals surface area contributed by atoms with Gasteiger partial charge < -0.3 is 20.1 Å². The van der Waals surface area contributed by atoms with Crippen molar-refractivity contribution in [2.45, 2.75) is 0 Å². The smallest absolute Gasteiger partial charge is 0.257 e. The van der Waals surface area contributed by atoms with E-state index in [4.69, 9.17) is 21.1 Å². The number of ether oxygens (including phenoxy) is 2. The average Bonchev–Trinajstić information content (AvgIpc) is 2.56. The minimum atomic E-state index is -0.290. The summed E-state index contributed by atoms with van der Waals surface area (Å²) in [4.78, 5) is 16.5. The number of rotatable bonds is 7. The Morgan fingerprint density at radius 1 is 1.26 bits per heavy atom. The van der Waals surface area contributed by atoms with Gasteiger partial charge in [-0.05, 0) is 30.3 Å². The van der Waals surface area contributed by atoms with E-state index in [-0.39, 0.29) is 5.91 Å². The molecule has 0 atom stereocenters. The van der Waals surface area contributed by atoms with Gasteiger partial charge in [0.05, 0.1) is 25.0 Å². The number of nitrogens with one attached hydrogen (secondary N) is 2. The molecule has 1 amide bonds. The topological polar surface area (TPSA) is 72.5 Å². The van der Waals surface area contributed by atoms with Crippen LogP contribution in [0.5, 0.6) is 5.75 Å². The van der Waals surface area contributed by atoms with Gasteiger partial charge in [0.1, 0.15) is 11.6 Å². The van der Waals surface area contributed by atoms with Crippen molar-refractivity contribution < 1.29 is 14.3 Å². The van der Waals surface area contributed by atoms with Gasteiger partial charge in [-0.25, -0.2) is 4.98 Å². The number of anilines is 2. The monoisotopic (exact) mass is 335 g/mol. The molecule has 6 nitrogen and oxygen atoms in total. The van der Waals surface area contributed by atoms with Crippen LogP contribution in [0, 0.1) is 0 Å². The molecule has 0 unspecified atom stereocenters. The van der Waals surface area contributed by atoms with Gasteiger partial charge in [0.2, 0.25) is 0 Å². The molecule has 0 saturated carbocycles. The number of halogens is 1. The molecule has 2 N–H and O–H groups in total. The third-order valence-electron chi connectivity index (χ3n) is 3.05. The quantitative estimate of drug-likeness (QED) is 0.761. The fourth-order valence-electron chi connectivity index (χ4n) is 1.89. The van der Waals surface area contributed by atoms with Crippen molar-refractivity contribution in [3.63, 3.8) is 0 Å². The maximum Gasteiger partial charge on any atom is 0.257 e. The molecule has 0 bridgehead atoms. The largest absolute Gasteiger partial charge is 0.495 e. The van der Waals surface area contributed by atoms with Crippen LogP contribution in [-0.2, 0) is 4.74 Å². The highest BCUT2D eigenvalue weighted by molar-refractivity contribution is 6.31. The van der Waals surface area contributed by atoms with Gasteiger partial charge in [0.15, 0.2) is 0 Å². The lowest BCUT2D eigenvalue weighted by Gasteiger charge is -2.11. The molecule has 2 rings (SSSR count). The summed E-state index contributed by atoms with van der Waals surface area (Å²) < 4.78 is 10.1. The number of pyridine rings is 1. The van der Waals surface area contributed by atoms with Crippen LogP contribution in [-0.4, -0.2) is 38.3 Å². The molecule has 1 aromatic heterocycles. The van der Waals surface area contributed by atoms with Crippen LogP contribution < -0.4 is 15.4 Å². The third kappa shape index (κ3) is 4.84. The Morgan fingerprint density at radius 2 is 2.09 bits per heavy atom. The number of benzene rings is 1. The number of carbonyl (C=O) groups is 1. The first kappa shape index (κ1) is 17.1. The summed E-state index contributed by atoms with van der Waals surface area (Å²) in [7, 11) is 3.16. The first-order valence-corrected chi connectivity index (χ1v) is 7.35. The lowest BCUT2D eigenvalue weighted by atomic mass is 10.2. The highest BCUT2D eigenvalue weighted by Gasteiger charge is 2.11. The van der Waals surface area contributed by atoms with E-state index in [2.05, 4.69) is 15.6 Å². The summed E-state index contributed by atoms with van der Waals surface area (Å²) in [6.07, 6.45) is 1.50. The van der Waals surface area contributed by atoms with Crippen LogP contribution >= 0.6 is 11.6 Å². The molecule has 0 fully saturated rings. The summed E-state index contributed by atoms with van der Waals surface area (Å²) in [5.41, 5.74) is 0.941. The van der Waals surface area contributed by atoms with E-state index in [0.717, 1.165) is 0 Å². The number of amides is 1. The van der Waals surface area contributed by atoms with E-state index in [0.29, 0.717) is 41.0 Å². The summed E-state index contributed by atoms with van der Waals surface area (Å²) in [6, 6.07) is 8.44. The minimum absolute atomic E-state index is 0.290. The maximum absolute atomic E-state index is 12.3. The van der Waals surface area contributed by atoms with E-state index in [1.165, 1.54) is 13.3 Å². The highest BCUT2D eigenvalue weighted by atomic mass is 35.5. The van der Waals surface area contributed by atoms with Gasteiger partial charge in [-0.3, -0.25) is 4.79 Å². The predicted octanol–water partition coefficient (Wildman–Crippen LogP) is 3.05. The Kier molecular flexibility index (Phi) is 6.19. The SMILES string of the molecule is COCCNc1ccc(C(=O)Nc2cc(Cl)ccc2OC)cn1. The van der Waals surface area contributed by atoms with Crippen molar-refractivity contribution in [1.29, 1.82) is 0 Å². The van der Waals surface area contributed by atoms with Gasteiger partial charge in [-0.1, -0.05) is 11.6 Å². The number of hydrogen-bond acceptors (Lipinski definition) is 5. The molecule has 0 aliphatic heterocycles. The molecular weight excluding hydrogens is 318 g/mol. The van der Waals surface area contributed by atoms with E-state index in [9.17, 15) is 4.79 Å². The first-order valence-electron chi connectivity index (χ1n) is 6.98. The van der Waals surface area contributed by atoms with E-state index in [1.807, 2.05) is 0 Å². The minimum Gasteiger partial charge on any atom is -0.495 e. The molecule has 0 saturated heterocycles. The fourth-order valence-corrected chi connectivity index (χ4v) is 2.06. The Balaban J connectivity index is 2.05. The van der Waals surface area contributed by atoms with Crippen molar-refractivity contribution in [1.82, 2.24) is 4.98 Å². The Labute approximate surface area is 139 Å². The van der Waals surface area contributed by atoms with Crippen LogP contribution in [0.25, 0.3) is 0 Å². The van der Waals surface area contributed by atoms with Crippen LogP contribution in [0.15, 0.2) is 36.5 Å². The van der Waals surface area contributed by atoms with Crippen molar-refractivity contribution in [3.8, 4) is 5.75 Å². The molecule has 0 spiro atoms. The van der Waals surface area contributed by atoms with Crippen LogP contribution in [0.2, 0.25) is 5.02 Å². The molecule has 0 aliphatic rings. The summed E-state index contributed by atoms with van der Waals surface area (Å²) in [5, 5.41) is 6.35. The van der Waals surface area contributed by atoms with E-state index >= 15 is 0 Å². The number of aromatic nitrogens is 1. The number of nitrogens with zero attached hydrogens (tertiary/aromatic N) is 1. The summed E-state index contributed by atoms with van der Waals surface area (Å²) >= 11 is 5.95. The molecule has 7 heteroatoms. The van der Waals surface area contributed by atoms with Crippen molar-refractivity contribution >= 4 is 29.0 Å². The lowest BCUT2D eigenvalue weighted by Crippen LogP contribution is -2.14. The zero-order chi connectivity index (χ0) is 16.7. The zero-order valence-electron chi connectivity index (χ0n) is 12.9. The van der Waals surface area contributed by atoms with Gasteiger partial charge in [-0.2, -0.15) is 0 Å². The molecule has 1 heterocycles. The summed E-state index contributed by atoms with van der Waals surface area (Å²) in [5.74, 6) is 0.925. The van der Waals surface area contributed by atoms with Gasteiger partial charge in [0.25, 0.3) is 5.91 Å². The van der Waals surface area contributed by atoms with Gasteiger partial charge in [0, 0.05) is 24.9 Å². The van der Waals surface area contributed by atoms with Gasteiger partial charge in [-0.15, -0.1) is 0 Å². The molecular formula is C16H18ClN3O3. The Bertz CT molecular complexity index is 662. The molecule has 0 aliphatic carbocycles. The van der Waals surface area contributed by atoms with Crippen molar-refractivity contribution in [2.24, 2.45) is 0 Å². The van der Waals surface area contributed by atoms with Crippen LogP contribution in [0.4, 0.5) is 11.5 Å². The third-order valence-corrected chi connectivity index (χ3v) is 3.28. The second-order valence-corrected chi connectivity index (χ2v) is 5.09. The molecule has 0 radical (unpaired) electrons. The molecule has 122 valence electrons. The number of carbonyl (C=O) groups excluding carboxylic acids is 1. The zero-order valence-corrected chi connectivity index (χ0v) is 13.7. The van der Waals surface area contributed by atoms with Gasteiger partial charge >= 0.3 is 0 Å². The molecule has 23 heavy (non-hydrogen) atoms. The fraction of sp³-hybridized carbons (Fsp3) is 0.250. The summed E-state index contributed by atoms with van der Waals surface area (Å²) in [6.45, 7) is 1.23. The first-order chi connectivity index (χ1) is 11.1. The lowest BCUT2D eigenvalue weighted by molar-refractivity contribution is 0.102. The normalized spacial score (nSPS) is 10.2. The van der Waals surface area contributed by atoms with Crippen molar-refractivity contribution in [3.05, 3.63) is 47.1 Å². The number of hydrogen-bond donors (Lipinski definition) is 2. The predicted molar refractivity (Wildman–Crippen MR) is 90.6 cm³/mol. The Hall–Kier alpha value is -2.31. The Morgan fingerprint density at radius 3 is 2.74 bits per heavy atom. The van der Waals surface area contributed by atoms with E-state index in [1.54, 1.807) is 37.4 Å². The molecule has 2 aromatic rings. The standard InChI is InChI=1S/C16H18ClN3O3/c1-22-8-7-18-15-6-3-11(10-19-15)16(21)20-13-9-12(17)4-5-14(13)23-2/h3-6,9-10H,7-8H2,1-2H3,(H,18,19)(H,20,21). The highest BCUT2D eigenvalue weighted by Crippen LogP contribution is 2.28. The second-order valence-electron chi connectivity index (χ2n) is 4.65. The van der Waals surface area contributed by atoms with E-state index < -0.39 is 0 Å². The average molecular weight is 336 g/mol. The second kappa shape index (κ2) is 8.36. The van der Waals surface area contributed by atoms with Crippen LogP contribution in [0.3, 0.4) is 0 Å².